The van der Waals surface area contributed by atoms with Gasteiger partial charge in [-0.2, -0.15) is 0 Å². The van der Waals surface area contributed by atoms with Crippen LogP contribution in [0.3, 0.4) is 0 Å². The van der Waals surface area contributed by atoms with Crippen LogP contribution in [-0.4, -0.2) is 47.6 Å². The molecule has 0 spiro atoms. The highest BCUT2D eigenvalue weighted by molar-refractivity contribution is 6.87. The van der Waals surface area contributed by atoms with E-state index in [9.17, 15) is 10.2 Å². The molecule has 0 aliphatic heterocycles. The molecule has 0 radical (unpaired) electrons. The van der Waals surface area contributed by atoms with Crippen molar-refractivity contribution in [1.29, 1.82) is 0 Å². The second-order valence-corrected chi connectivity index (χ2v) is 21.8. The quantitative estimate of drug-likeness (QED) is 0.386. The van der Waals surface area contributed by atoms with E-state index < -0.39 is 37.4 Å². The van der Waals surface area contributed by atoms with Gasteiger partial charge in [0.1, 0.15) is 0 Å². The van der Waals surface area contributed by atoms with Crippen molar-refractivity contribution in [3.63, 3.8) is 0 Å². The highest BCUT2D eigenvalue weighted by atomic mass is 28.5. The summed E-state index contributed by atoms with van der Waals surface area (Å²) in [6.45, 7) is 15.6. The lowest BCUT2D eigenvalue weighted by Gasteiger charge is -2.40. The molecule has 1 aliphatic carbocycles. The molecule has 1 rings (SSSR count). The van der Waals surface area contributed by atoms with Crippen LogP contribution in [0.2, 0.25) is 51.9 Å². The molecule has 0 aromatic rings. The summed E-state index contributed by atoms with van der Waals surface area (Å²) in [4.78, 5) is 0. The molecule has 0 aromatic carbocycles. The minimum atomic E-state index is -2.16. The van der Waals surface area contributed by atoms with Crippen LogP contribution >= 0.6 is 0 Å². The van der Waals surface area contributed by atoms with Gasteiger partial charge in [-0.25, -0.2) is 0 Å². The van der Waals surface area contributed by atoms with Crippen LogP contribution in [0.25, 0.3) is 0 Å². The maximum atomic E-state index is 9.86. The molecular weight excluding hydrogens is 400 g/mol. The molecule has 3 unspecified atom stereocenters. The second-order valence-electron chi connectivity index (χ2n) is 8.92. The Bertz CT molecular complexity index is 339. The zero-order chi connectivity index (χ0) is 17.2. The van der Waals surface area contributed by atoms with E-state index in [2.05, 4.69) is 45.8 Å². The minimum Gasteiger partial charge on any atom is -0.437 e. The molecule has 4 nitrogen and oxygen atoms in total. The molecule has 1 saturated carbocycles. The minimum absolute atomic E-state index is 0. The number of aliphatic hydroxyl groups is 2. The van der Waals surface area contributed by atoms with Crippen LogP contribution in [-0.2, 0) is 8.23 Å². The Hall–Kier alpha value is 0.491. The van der Waals surface area contributed by atoms with Crippen LogP contribution < -0.4 is 0 Å². The zero-order valence-corrected chi connectivity index (χ0v) is 18.5. The number of rotatable bonds is 7. The van der Waals surface area contributed by atoms with Crippen LogP contribution in [0.4, 0.5) is 0 Å². The second kappa shape index (κ2) is 16.2. The summed E-state index contributed by atoms with van der Waals surface area (Å²) in [6, 6.07) is 0.995. The lowest BCUT2D eigenvalue weighted by Crippen LogP contribution is -2.52. The van der Waals surface area contributed by atoms with Gasteiger partial charge in [-0.1, -0.05) is 44.6 Å². The van der Waals surface area contributed by atoms with Crippen molar-refractivity contribution in [2.45, 2.75) is 134 Å². The number of hydrogen-bond acceptors (Lipinski definition) is 4. The third-order valence-electron chi connectivity index (χ3n) is 3.94. The lowest BCUT2D eigenvalue weighted by atomic mass is 9.84. The fourth-order valence-corrected chi connectivity index (χ4v) is 16.0. The molecule has 0 aromatic heterocycles. The van der Waals surface area contributed by atoms with E-state index in [1.807, 2.05) is 0 Å². The van der Waals surface area contributed by atoms with Gasteiger partial charge in [0, 0.05) is 0 Å². The van der Waals surface area contributed by atoms with E-state index in [1.54, 1.807) is 0 Å². The predicted octanol–water partition coefficient (Wildman–Crippen LogP) is 7.49. The Kier molecular flexibility index (Phi) is 24.7. The van der Waals surface area contributed by atoms with Crippen molar-refractivity contribution in [2.24, 2.45) is 5.92 Å². The zero-order valence-electron chi connectivity index (χ0n) is 15.5. The first kappa shape index (κ1) is 42.6. The van der Waals surface area contributed by atoms with Crippen molar-refractivity contribution in [2.75, 3.05) is 0 Å². The van der Waals surface area contributed by atoms with Gasteiger partial charge in [-0.3, -0.25) is 0 Å². The summed E-state index contributed by atoms with van der Waals surface area (Å²) in [6.07, 6.45) is 2.39. The Labute approximate surface area is 184 Å². The van der Waals surface area contributed by atoms with E-state index in [4.69, 9.17) is 8.23 Å². The van der Waals surface area contributed by atoms with Gasteiger partial charge in [-0.05, 0) is 83.5 Å². The Morgan fingerprint density at radius 2 is 1.07 bits per heavy atom. The molecule has 0 bridgehead atoms. The lowest BCUT2D eigenvalue weighted by molar-refractivity contribution is -0.0259. The largest absolute Gasteiger partial charge is 0.437 e. The number of aliphatic hydroxyl groups excluding tert-OH is 2. The van der Waals surface area contributed by atoms with Gasteiger partial charge in [-0.15, -0.1) is 0 Å². The van der Waals surface area contributed by atoms with E-state index in [-0.39, 0.29) is 44.6 Å². The molecule has 7 heteroatoms. The highest BCUT2D eigenvalue weighted by Crippen LogP contribution is 2.33. The van der Waals surface area contributed by atoms with Crippen molar-refractivity contribution >= 4 is 25.2 Å². The molecule has 28 heavy (non-hydrogen) atoms. The normalized spacial score (nSPS) is 22.0. The third kappa shape index (κ3) is 17.4. The van der Waals surface area contributed by atoms with Gasteiger partial charge < -0.3 is 18.4 Å². The van der Waals surface area contributed by atoms with Crippen LogP contribution in [0.15, 0.2) is 0 Å². The maximum Gasteiger partial charge on any atom is 0.314 e. The predicted molar refractivity (Wildman–Crippen MR) is 140 cm³/mol. The van der Waals surface area contributed by atoms with Crippen LogP contribution in [0.5, 0.6) is 0 Å². The standard InChI is InChI=1S/C15H36O4Si3.6CH4/c1-20(2,3)18-22(7,19-21(4,5)6)11-10-13-8-9-14(16)15(17)12-13;;;;;;/h13-17H,8-12H2,1-7H3;6*1H4. The summed E-state index contributed by atoms with van der Waals surface area (Å²) in [5.41, 5.74) is 0. The smallest absolute Gasteiger partial charge is 0.314 e. The molecule has 3 atom stereocenters. The molecule has 0 saturated heterocycles. The first-order valence-corrected chi connectivity index (χ1v) is 17.9. The summed E-state index contributed by atoms with van der Waals surface area (Å²) >= 11 is 0. The van der Waals surface area contributed by atoms with E-state index in [0.29, 0.717) is 18.8 Å². The van der Waals surface area contributed by atoms with Crippen LogP contribution in [0.1, 0.15) is 70.2 Å². The summed E-state index contributed by atoms with van der Waals surface area (Å²) in [7, 11) is -5.43. The average Bonchev–Trinajstić information content (AvgIpc) is 2.26. The van der Waals surface area contributed by atoms with Gasteiger partial charge in [0.05, 0.1) is 12.2 Å². The van der Waals surface area contributed by atoms with Crippen molar-refractivity contribution < 1.29 is 18.4 Å². The maximum absolute atomic E-state index is 9.86. The Balaban J connectivity index is -0.000000202. The summed E-state index contributed by atoms with van der Waals surface area (Å²) < 4.78 is 13.0. The van der Waals surface area contributed by atoms with Crippen molar-refractivity contribution in [3.8, 4) is 0 Å². The molecule has 1 aliphatic rings. The van der Waals surface area contributed by atoms with E-state index in [1.165, 1.54) is 0 Å². The molecule has 0 heterocycles. The van der Waals surface area contributed by atoms with E-state index in [0.717, 1.165) is 18.9 Å². The van der Waals surface area contributed by atoms with Gasteiger partial charge >= 0.3 is 8.56 Å². The Morgan fingerprint density at radius 3 is 1.39 bits per heavy atom. The fourth-order valence-electron chi connectivity index (χ4n) is 3.36. The van der Waals surface area contributed by atoms with Gasteiger partial charge in [0.2, 0.25) is 0 Å². The van der Waals surface area contributed by atoms with Crippen molar-refractivity contribution in [3.05, 3.63) is 0 Å². The molecule has 1 fully saturated rings. The number of hydrogen-bond donors (Lipinski definition) is 2. The highest BCUT2D eigenvalue weighted by Gasteiger charge is 2.41. The SMILES string of the molecule is C.C.C.C.C.C.C[Si](C)(C)O[Si](C)(CCC1CCC(O)C(O)C1)O[Si](C)(C)C. The first-order valence-electron chi connectivity index (χ1n) is 8.56. The average molecular weight is 461 g/mol. The topological polar surface area (TPSA) is 58.9 Å². The molecule has 2 N–H and O–H groups in total. The summed E-state index contributed by atoms with van der Waals surface area (Å²) in [5.74, 6) is 0.487. The van der Waals surface area contributed by atoms with Crippen LogP contribution in [0, 0.1) is 5.92 Å². The fraction of sp³-hybridized carbons (Fsp3) is 1.00. The third-order valence-corrected chi connectivity index (χ3v) is 13.5. The Morgan fingerprint density at radius 1 is 0.679 bits per heavy atom. The molecular formula is C21H60O4Si3. The molecule has 180 valence electrons. The summed E-state index contributed by atoms with van der Waals surface area (Å²) in [5, 5.41) is 19.5. The monoisotopic (exact) mass is 460 g/mol. The first-order chi connectivity index (χ1) is 9.80. The van der Waals surface area contributed by atoms with Gasteiger partial charge in [0.15, 0.2) is 16.6 Å². The van der Waals surface area contributed by atoms with E-state index >= 15 is 0 Å². The van der Waals surface area contributed by atoms with Crippen molar-refractivity contribution in [1.82, 2.24) is 0 Å². The van der Waals surface area contributed by atoms with Gasteiger partial charge in [0.25, 0.3) is 0 Å². The molecule has 0 amide bonds.